The number of nitrogens with one attached hydrogen (secondary N) is 1. The maximum absolute atomic E-state index is 11.9. The largest absolute Gasteiger partial charge is 0.492 e. The van der Waals surface area contributed by atoms with Crippen molar-refractivity contribution in [2.75, 3.05) is 13.2 Å². The van der Waals surface area contributed by atoms with Gasteiger partial charge in [-0.1, -0.05) is 20.3 Å². The Hall–Kier alpha value is -1.60. The first kappa shape index (κ1) is 17.5. The fourth-order valence-corrected chi connectivity index (χ4v) is 2.36. The lowest BCUT2D eigenvalue weighted by molar-refractivity contribution is 0.0953. The molecule has 6 nitrogen and oxygen atoms in total. The molecule has 0 bridgehead atoms. The molecule has 0 atom stereocenters. The molecule has 1 aromatic carbocycles. The SMILES string of the molecule is CCCCOc1ccc(C(=O)NCCC)cc1S(N)(=O)=O. The average molecular weight is 314 g/mol. The summed E-state index contributed by atoms with van der Waals surface area (Å²) >= 11 is 0. The molecule has 0 aliphatic rings. The number of carbonyl (C=O) groups excluding carboxylic acids is 1. The van der Waals surface area contributed by atoms with Crippen molar-refractivity contribution in [1.82, 2.24) is 5.32 Å². The highest BCUT2D eigenvalue weighted by Gasteiger charge is 2.18. The minimum Gasteiger partial charge on any atom is -0.492 e. The fourth-order valence-electron chi connectivity index (χ4n) is 1.66. The Kier molecular flexibility index (Phi) is 6.64. The molecule has 0 heterocycles. The molecule has 0 aliphatic heterocycles. The van der Waals surface area contributed by atoms with Crippen LogP contribution in [-0.4, -0.2) is 27.5 Å². The van der Waals surface area contributed by atoms with E-state index >= 15 is 0 Å². The monoisotopic (exact) mass is 314 g/mol. The van der Waals surface area contributed by atoms with E-state index in [2.05, 4.69) is 5.32 Å². The van der Waals surface area contributed by atoms with Crippen LogP contribution in [0.3, 0.4) is 0 Å². The van der Waals surface area contributed by atoms with Gasteiger partial charge in [-0.3, -0.25) is 4.79 Å². The van der Waals surface area contributed by atoms with Crippen LogP contribution in [0.5, 0.6) is 5.75 Å². The number of amides is 1. The van der Waals surface area contributed by atoms with E-state index in [-0.39, 0.29) is 22.1 Å². The molecule has 118 valence electrons. The van der Waals surface area contributed by atoms with Gasteiger partial charge in [0.25, 0.3) is 5.91 Å². The zero-order chi connectivity index (χ0) is 15.9. The van der Waals surface area contributed by atoms with Gasteiger partial charge in [0.2, 0.25) is 10.0 Å². The number of hydrogen-bond acceptors (Lipinski definition) is 4. The Balaban J connectivity index is 3.04. The topological polar surface area (TPSA) is 98.5 Å². The number of carbonyl (C=O) groups is 1. The lowest BCUT2D eigenvalue weighted by atomic mass is 10.2. The van der Waals surface area contributed by atoms with Crippen LogP contribution in [0.25, 0.3) is 0 Å². The van der Waals surface area contributed by atoms with Crippen LogP contribution >= 0.6 is 0 Å². The third-order valence-electron chi connectivity index (χ3n) is 2.80. The number of rotatable bonds is 8. The first-order valence-corrected chi connectivity index (χ1v) is 8.52. The second-order valence-corrected chi connectivity index (χ2v) is 6.19. The summed E-state index contributed by atoms with van der Waals surface area (Å²) in [5, 5.41) is 7.88. The van der Waals surface area contributed by atoms with Gasteiger partial charge in [-0.25, -0.2) is 13.6 Å². The Morgan fingerprint density at radius 3 is 2.57 bits per heavy atom. The van der Waals surface area contributed by atoms with Gasteiger partial charge >= 0.3 is 0 Å². The molecule has 0 aliphatic carbocycles. The number of primary sulfonamides is 1. The maximum Gasteiger partial charge on any atom is 0.251 e. The average Bonchev–Trinajstić information content (AvgIpc) is 2.44. The highest BCUT2D eigenvalue weighted by molar-refractivity contribution is 7.89. The Labute approximate surface area is 125 Å². The summed E-state index contributed by atoms with van der Waals surface area (Å²) < 4.78 is 28.7. The molecule has 0 fully saturated rings. The van der Waals surface area contributed by atoms with Gasteiger partial charge < -0.3 is 10.1 Å². The minimum atomic E-state index is -3.95. The minimum absolute atomic E-state index is 0.164. The molecule has 1 rings (SSSR count). The first-order valence-electron chi connectivity index (χ1n) is 6.98. The van der Waals surface area contributed by atoms with Crippen molar-refractivity contribution >= 4 is 15.9 Å². The van der Waals surface area contributed by atoms with Gasteiger partial charge in [-0.2, -0.15) is 0 Å². The summed E-state index contributed by atoms with van der Waals surface area (Å²) in [5.41, 5.74) is 0.246. The van der Waals surface area contributed by atoms with Gasteiger partial charge in [0, 0.05) is 12.1 Å². The fraction of sp³-hybridized carbons (Fsp3) is 0.500. The van der Waals surface area contributed by atoms with Crippen molar-refractivity contribution in [1.29, 1.82) is 0 Å². The van der Waals surface area contributed by atoms with Gasteiger partial charge in [0.15, 0.2) is 0 Å². The predicted octanol–water partition coefficient (Wildman–Crippen LogP) is 1.65. The van der Waals surface area contributed by atoms with Crippen molar-refractivity contribution < 1.29 is 17.9 Å². The van der Waals surface area contributed by atoms with Crippen molar-refractivity contribution in [3.63, 3.8) is 0 Å². The molecule has 21 heavy (non-hydrogen) atoms. The maximum atomic E-state index is 11.9. The normalized spacial score (nSPS) is 11.2. The molecule has 0 saturated heterocycles. The van der Waals surface area contributed by atoms with E-state index in [0.29, 0.717) is 13.2 Å². The van der Waals surface area contributed by atoms with Crippen molar-refractivity contribution in [2.45, 2.75) is 38.0 Å². The van der Waals surface area contributed by atoms with Crippen LogP contribution in [-0.2, 0) is 10.0 Å². The number of unbranched alkanes of at least 4 members (excludes halogenated alkanes) is 1. The van der Waals surface area contributed by atoms with E-state index in [1.807, 2.05) is 13.8 Å². The number of nitrogens with two attached hydrogens (primary N) is 1. The molecule has 3 N–H and O–H groups in total. The zero-order valence-electron chi connectivity index (χ0n) is 12.4. The first-order chi connectivity index (χ1) is 9.90. The molecule has 0 radical (unpaired) electrons. The van der Waals surface area contributed by atoms with Crippen molar-refractivity contribution in [3.8, 4) is 5.75 Å². The lowest BCUT2D eigenvalue weighted by Gasteiger charge is -2.11. The van der Waals surface area contributed by atoms with Crippen LogP contribution in [0.15, 0.2) is 23.1 Å². The molecule has 7 heteroatoms. The smallest absolute Gasteiger partial charge is 0.251 e. The van der Waals surface area contributed by atoms with Crippen molar-refractivity contribution in [2.24, 2.45) is 5.14 Å². The second-order valence-electron chi connectivity index (χ2n) is 4.66. The van der Waals surface area contributed by atoms with Crippen LogP contribution in [0.4, 0.5) is 0 Å². The van der Waals surface area contributed by atoms with Crippen LogP contribution in [0.2, 0.25) is 0 Å². The molecule has 1 aromatic rings. The highest BCUT2D eigenvalue weighted by atomic mass is 32.2. The number of ether oxygens (including phenoxy) is 1. The number of sulfonamides is 1. The molecular formula is C14H22N2O4S. The second kappa shape index (κ2) is 7.99. The van der Waals surface area contributed by atoms with E-state index in [1.54, 1.807) is 0 Å². The van der Waals surface area contributed by atoms with Gasteiger partial charge in [-0.15, -0.1) is 0 Å². The standard InChI is InChI=1S/C14H22N2O4S/c1-3-5-9-20-12-7-6-11(14(17)16-8-4-2)10-13(12)21(15,18)19/h6-7,10H,3-5,8-9H2,1-2H3,(H,16,17)(H2,15,18,19). The summed E-state index contributed by atoms with van der Waals surface area (Å²) in [6.07, 6.45) is 2.54. The molecule has 1 amide bonds. The molecule has 0 unspecified atom stereocenters. The third kappa shape index (κ3) is 5.35. The van der Waals surface area contributed by atoms with Gasteiger partial charge in [0.05, 0.1) is 6.61 Å². The van der Waals surface area contributed by atoms with Gasteiger partial charge in [0.1, 0.15) is 10.6 Å². The van der Waals surface area contributed by atoms with E-state index < -0.39 is 10.0 Å². The van der Waals surface area contributed by atoms with E-state index in [1.165, 1.54) is 18.2 Å². The van der Waals surface area contributed by atoms with E-state index in [9.17, 15) is 13.2 Å². The molecule has 0 saturated carbocycles. The zero-order valence-corrected chi connectivity index (χ0v) is 13.2. The summed E-state index contributed by atoms with van der Waals surface area (Å²) in [5.74, 6) is -0.153. The lowest BCUT2D eigenvalue weighted by Crippen LogP contribution is -2.24. The van der Waals surface area contributed by atoms with Gasteiger partial charge in [-0.05, 0) is 31.0 Å². The quantitative estimate of drug-likeness (QED) is 0.713. The van der Waals surface area contributed by atoms with Crippen LogP contribution in [0.1, 0.15) is 43.5 Å². The summed E-state index contributed by atoms with van der Waals surface area (Å²) in [6.45, 7) is 4.87. The van der Waals surface area contributed by atoms with Crippen molar-refractivity contribution in [3.05, 3.63) is 23.8 Å². The Bertz CT molecular complexity index is 585. The molecule has 0 spiro atoms. The Morgan fingerprint density at radius 2 is 2.00 bits per heavy atom. The Morgan fingerprint density at radius 1 is 1.29 bits per heavy atom. The number of benzene rings is 1. The molecule has 0 aromatic heterocycles. The third-order valence-corrected chi connectivity index (χ3v) is 3.74. The van der Waals surface area contributed by atoms with E-state index in [4.69, 9.17) is 9.88 Å². The summed E-state index contributed by atoms with van der Waals surface area (Å²) in [6, 6.07) is 4.25. The highest BCUT2D eigenvalue weighted by Crippen LogP contribution is 2.24. The summed E-state index contributed by atoms with van der Waals surface area (Å²) in [7, 11) is -3.95. The predicted molar refractivity (Wildman–Crippen MR) is 80.8 cm³/mol. The summed E-state index contributed by atoms with van der Waals surface area (Å²) in [4.78, 5) is 11.7. The molecular weight excluding hydrogens is 292 g/mol. The van der Waals surface area contributed by atoms with E-state index in [0.717, 1.165) is 19.3 Å². The number of hydrogen-bond donors (Lipinski definition) is 2. The van der Waals surface area contributed by atoms with Crippen LogP contribution < -0.4 is 15.2 Å². The van der Waals surface area contributed by atoms with Crippen LogP contribution in [0, 0.1) is 0 Å².